The predicted octanol–water partition coefficient (Wildman–Crippen LogP) is 4.45. The fraction of sp³-hybridized carbons (Fsp3) is 0.357. The van der Waals surface area contributed by atoms with Crippen molar-refractivity contribution in [1.29, 1.82) is 0 Å². The van der Waals surface area contributed by atoms with Crippen molar-refractivity contribution in [2.75, 3.05) is 5.75 Å². The molecule has 11 heteroatoms. The standard InChI is InChI=1S/C28H29N5O4S2/c1-17(2)21-13-20-22(15-37-21)39-26-24(20)25(35)32(11-10-18-7-4-3-5-8-18)27-30-31-28(33(26)27)38-16-23(34)29-14-19-9-6-12-36-19/h3-9,12,17,21H,10-11,13-16H2,1-2H3,(H,29,34). The molecule has 1 aromatic carbocycles. The van der Waals surface area contributed by atoms with Crippen molar-refractivity contribution in [2.45, 2.75) is 57.6 Å². The molecule has 202 valence electrons. The first-order valence-electron chi connectivity index (χ1n) is 13.0. The number of amides is 1. The Balaban J connectivity index is 1.37. The summed E-state index contributed by atoms with van der Waals surface area (Å²) in [5.41, 5.74) is 2.17. The number of aromatic nitrogens is 4. The maximum atomic E-state index is 14.0. The lowest BCUT2D eigenvalue weighted by molar-refractivity contribution is -0.118. The Morgan fingerprint density at radius 1 is 1.21 bits per heavy atom. The van der Waals surface area contributed by atoms with Crippen molar-refractivity contribution < 1.29 is 13.9 Å². The average Bonchev–Trinajstić information content (AvgIpc) is 3.69. The van der Waals surface area contributed by atoms with E-state index in [0.29, 0.717) is 60.5 Å². The topological polar surface area (TPSA) is 104 Å². The number of thiophene rings is 1. The van der Waals surface area contributed by atoms with E-state index in [-0.39, 0.29) is 23.3 Å². The van der Waals surface area contributed by atoms with Crippen LogP contribution in [0.15, 0.2) is 63.1 Å². The second kappa shape index (κ2) is 11.0. The van der Waals surface area contributed by atoms with Gasteiger partial charge >= 0.3 is 0 Å². The molecular weight excluding hydrogens is 534 g/mol. The van der Waals surface area contributed by atoms with Gasteiger partial charge < -0.3 is 14.5 Å². The molecule has 0 spiro atoms. The summed E-state index contributed by atoms with van der Waals surface area (Å²) in [5, 5.41) is 13.0. The van der Waals surface area contributed by atoms with Gasteiger partial charge in [-0.3, -0.25) is 14.2 Å². The molecular formula is C28H29N5O4S2. The van der Waals surface area contributed by atoms with E-state index in [0.717, 1.165) is 20.8 Å². The van der Waals surface area contributed by atoms with Gasteiger partial charge in [0.05, 0.1) is 36.7 Å². The van der Waals surface area contributed by atoms with Gasteiger partial charge in [0.15, 0.2) is 5.16 Å². The summed E-state index contributed by atoms with van der Waals surface area (Å²) >= 11 is 2.86. The second-order valence-corrected chi connectivity index (χ2v) is 12.0. The Kier molecular flexibility index (Phi) is 7.28. The molecule has 0 bridgehead atoms. The van der Waals surface area contributed by atoms with Crippen molar-refractivity contribution >= 4 is 45.0 Å². The van der Waals surface area contributed by atoms with E-state index in [4.69, 9.17) is 9.15 Å². The van der Waals surface area contributed by atoms with Crippen molar-refractivity contribution in [2.24, 2.45) is 5.92 Å². The first-order chi connectivity index (χ1) is 19.0. The molecule has 1 aliphatic heterocycles. The Hall–Kier alpha value is -3.41. The first-order valence-corrected chi connectivity index (χ1v) is 14.8. The molecule has 0 saturated heterocycles. The SMILES string of the molecule is CC(C)C1Cc2c(sc3c2c(=O)n(CCc2ccccc2)c2nnc(SCC(=O)NCc4ccco4)n32)CO1. The van der Waals surface area contributed by atoms with Crippen molar-refractivity contribution in [1.82, 2.24) is 24.5 Å². The lowest BCUT2D eigenvalue weighted by Crippen LogP contribution is -2.29. The third-order valence-corrected chi connectivity index (χ3v) is 9.13. The Morgan fingerprint density at radius 3 is 2.82 bits per heavy atom. The molecule has 6 rings (SSSR count). The predicted molar refractivity (Wildman–Crippen MR) is 151 cm³/mol. The lowest BCUT2D eigenvalue weighted by atomic mass is 9.96. The fourth-order valence-corrected chi connectivity index (χ4v) is 6.94. The quantitative estimate of drug-likeness (QED) is 0.264. The highest BCUT2D eigenvalue weighted by Crippen LogP contribution is 2.37. The minimum atomic E-state index is -0.138. The van der Waals surface area contributed by atoms with E-state index in [1.54, 1.807) is 28.2 Å². The fourth-order valence-electron chi connectivity index (χ4n) is 4.88. The molecule has 1 unspecified atom stereocenters. The molecule has 0 fully saturated rings. The van der Waals surface area contributed by atoms with Gasteiger partial charge in [-0.1, -0.05) is 55.9 Å². The number of carbonyl (C=O) groups is 1. The maximum Gasteiger partial charge on any atom is 0.263 e. The van der Waals surface area contributed by atoms with E-state index in [2.05, 4.69) is 41.5 Å². The van der Waals surface area contributed by atoms with Crippen LogP contribution in [0.3, 0.4) is 0 Å². The van der Waals surface area contributed by atoms with Gasteiger partial charge in [0.2, 0.25) is 11.7 Å². The highest BCUT2D eigenvalue weighted by Gasteiger charge is 2.30. The monoisotopic (exact) mass is 563 g/mol. The van der Waals surface area contributed by atoms with Gasteiger partial charge in [-0.25, -0.2) is 4.40 Å². The Bertz CT molecular complexity index is 1670. The zero-order valence-electron chi connectivity index (χ0n) is 21.8. The van der Waals surface area contributed by atoms with Crippen molar-refractivity contribution in [3.8, 4) is 0 Å². The van der Waals surface area contributed by atoms with Crippen LogP contribution in [0, 0.1) is 5.92 Å². The largest absolute Gasteiger partial charge is 0.467 e. The molecule has 0 aliphatic carbocycles. The van der Waals surface area contributed by atoms with E-state index in [1.165, 1.54) is 11.8 Å². The lowest BCUT2D eigenvalue weighted by Gasteiger charge is -2.26. The normalized spacial score (nSPS) is 15.3. The third-order valence-electron chi connectivity index (χ3n) is 7.01. The number of ether oxygens (including phenoxy) is 1. The number of fused-ring (bicyclic) bond motifs is 5. The van der Waals surface area contributed by atoms with Crippen LogP contribution in [0.25, 0.3) is 16.0 Å². The van der Waals surface area contributed by atoms with E-state index >= 15 is 0 Å². The molecule has 9 nitrogen and oxygen atoms in total. The average molecular weight is 564 g/mol. The van der Waals surface area contributed by atoms with Crippen molar-refractivity contribution in [3.05, 3.63) is 80.8 Å². The Morgan fingerprint density at radius 2 is 2.05 bits per heavy atom. The first kappa shape index (κ1) is 25.8. The van der Waals surface area contributed by atoms with Crippen LogP contribution >= 0.6 is 23.1 Å². The van der Waals surface area contributed by atoms with Crippen LogP contribution < -0.4 is 10.9 Å². The number of rotatable bonds is 9. The molecule has 4 aromatic heterocycles. The number of hydrogen-bond acceptors (Lipinski definition) is 8. The summed E-state index contributed by atoms with van der Waals surface area (Å²) in [7, 11) is 0. The van der Waals surface area contributed by atoms with Crippen LogP contribution in [0.4, 0.5) is 0 Å². The summed E-state index contributed by atoms with van der Waals surface area (Å²) in [6.07, 6.45) is 3.04. The second-order valence-electron chi connectivity index (χ2n) is 9.94. The summed E-state index contributed by atoms with van der Waals surface area (Å²) in [5.74, 6) is 1.55. The minimum Gasteiger partial charge on any atom is -0.467 e. The summed E-state index contributed by atoms with van der Waals surface area (Å²) in [4.78, 5) is 28.5. The number of aryl methyl sites for hydroxylation is 2. The van der Waals surface area contributed by atoms with Gasteiger partial charge in [0, 0.05) is 17.8 Å². The zero-order valence-corrected chi connectivity index (χ0v) is 23.4. The molecule has 1 N–H and O–H groups in total. The number of hydrogen-bond donors (Lipinski definition) is 1. The van der Waals surface area contributed by atoms with Gasteiger partial charge in [-0.15, -0.1) is 21.5 Å². The van der Waals surface area contributed by atoms with Crippen LogP contribution in [0.1, 0.15) is 35.6 Å². The summed E-state index contributed by atoms with van der Waals surface area (Å²) in [6, 6.07) is 13.7. The minimum absolute atomic E-state index is 0.0459. The Labute approximate surface area is 233 Å². The van der Waals surface area contributed by atoms with Crippen LogP contribution in [-0.4, -0.2) is 36.9 Å². The molecule has 5 aromatic rings. The zero-order chi connectivity index (χ0) is 26.9. The van der Waals surface area contributed by atoms with Gasteiger partial charge in [-0.05, 0) is 35.6 Å². The number of benzene rings is 1. The number of nitrogens with zero attached hydrogens (tertiary/aromatic N) is 4. The smallest absolute Gasteiger partial charge is 0.263 e. The summed E-state index contributed by atoms with van der Waals surface area (Å²) < 4.78 is 15.1. The molecule has 1 atom stereocenters. The number of carbonyl (C=O) groups excluding carboxylic acids is 1. The third kappa shape index (κ3) is 5.13. The van der Waals surface area contributed by atoms with Gasteiger partial charge in [-0.2, -0.15) is 0 Å². The van der Waals surface area contributed by atoms with Crippen LogP contribution in [-0.2, 0) is 42.1 Å². The number of thioether (sulfide) groups is 1. The van der Waals surface area contributed by atoms with E-state index in [9.17, 15) is 9.59 Å². The van der Waals surface area contributed by atoms with Crippen molar-refractivity contribution in [3.63, 3.8) is 0 Å². The highest BCUT2D eigenvalue weighted by atomic mass is 32.2. The van der Waals surface area contributed by atoms with Gasteiger partial charge in [0.1, 0.15) is 10.6 Å². The van der Waals surface area contributed by atoms with E-state index in [1.807, 2.05) is 28.7 Å². The molecule has 39 heavy (non-hydrogen) atoms. The molecule has 0 saturated carbocycles. The molecule has 1 amide bonds. The number of furan rings is 1. The molecule has 1 aliphatic rings. The number of nitrogens with one attached hydrogen (secondary N) is 1. The molecule has 5 heterocycles. The highest BCUT2D eigenvalue weighted by molar-refractivity contribution is 7.99. The van der Waals surface area contributed by atoms with Crippen LogP contribution in [0.2, 0.25) is 0 Å². The van der Waals surface area contributed by atoms with Crippen LogP contribution in [0.5, 0.6) is 0 Å². The summed E-state index contributed by atoms with van der Waals surface area (Å²) in [6.45, 7) is 5.58. The van der Waals surface area contributed by atoms with E-state index < -0.39 is 0 Å². The maximum absolute atomic E-state index is 14.0. The van der Waals surface area contributed by atoms with Gasteiger partial charge in [0.25, 0.3) is 5.56 Å². The molecule has 0 radical (unpaired) electrons.